The standard InChI is InChI=1S/C22H26ClNO6/c1-4-5-16-20-17(12-19(23)21(16)29-11-10-28-15(3)25)14(2)18(22(26)30-20)13-24-6-8-27-9-7-24/h4,12H,1,5-11,13H2,2-3H3. The molecular formula is C22H26ClNO6. The molecule has 0 amide bonds. The van der Waals surface area contributed by atoms with E-state index in [4.69, 9.17) is 30.2 Å². The molecule has 0 radical (unpaired) electrons. The fourth-order valence-electron chi connectivity index (χ4n) is 3.51. The molecule has 0 saturated carbocycles. The predicted molar refractivity (Wildman–Crippen MR) is 114 cm³/mol. The zero-order valence-corrected chi connectivity index (χ0v) is 18.0. The van der Waals surface area contributed by atoms with Crippen LogP contribution in [0.15, 0.2) is 27.9 Å². The first-order valence-corrected chi connectivity index (χ1v) is 10.2. The molecule has 1 saturated heterocycles. The first-order chi connectivity index (χ1) is 14.4. The summed E-state index contributed by atoms with van der Waals surface area (Å²) in [7, 11) is 0. The second-order valence-corrected chi connectivity index (χ2v) is 7.51. The minimum atomic E-state index is -0.385. The van der Waals surface area contributed by atoms with Gasteiger partial charge in [0.05, 0.1) is 23.8 Å². The van der Waals surface area contributed by atoms with Crippen LogP contribution in [0.5, 0.6) is 5.75 Å². The summed E-state index contributed by atoms with van der Waals surface area (Å²) >= 11 is 6.53. The summed E-state index contributed by atoms with van der Waals surface area (Å²) in [5.74, 6) is 0.0173. The van der Waals surface area contributed by atoms with E-state index in [0.29, 0.717) is 53.7 Å². The quantitative estimate of drug-likeness (QED) is 0.272. The maximum Gasteiger partial charge on any atom is 0.341 e. The first kappa shape index (κ1) is 22.3. The topological polar surface area (TPSA) is 78.2 Å². The molecule has 2 heterocycles. The van der Waals surface area contributed by atoms with Crippen LogP contribution in [-0.2, 0) is 27.2 Å². The van der Waals surface area contributed by atoms with Gasteiger partial charge in [-0.05, 0) is 25.0 Å². The Balaban J connectivity index is 2.00. The summed E-state index contributed by atoms with van der Waals surface area (Å²) < 4.78 is 21.8. The maximum atomic E-state index is 12.8. The van der Waals surface area contributed by atoms with E-state index in [9.17, 15) is 9.59 Å². The lowest BCUT2D eigenvalue weighted by Crippen LogP contribution is -2.37. The molecule has 30 heavy (non-hydrogen) atoms. The van der Waals surface area contributed by atoms with Crippen LogP contribution in [0.1, 0.15) is 23.6 Å². The summed E-state index contributed by atoms with van der Waals surface area (Å²) in [4.78, 5) is 25.9. The second kappa shape index (κ2) is 10.1. The molecule has 2 aromatic rings. The number of fused-ring (bicyclic) bond motifs is 1. The fourth-order valence-corrected chi connectivity index (χ4v) is 3.79. The predicted octanol–water partition coefficient (Wildman–Crippen LogP) is 3.26. The van der Waals surface area contributed by atoms with Gasteiger partial charge in [0.15, 0.2) is 0 Å². The molecule has 0 N–H and O–H groups in total. The number of allylic oxidation sites excluding steroid dienone is 1. The van der Waals surface area contributed by atoms with Crippen molar-refractivity contribution in [2.24, 2.45) is 0 Å². The summed E-state index contributed by atoms with van der Waals surface area (Å²) in [6.07, 6.45) is 2.10. The van der Waals surface area contributed by atoms with Gasteiger partial charge in [-0.2, -0.15) is 0 Å². The molecule has 0 unspecified atom stereocenters. The van der Waals surface area contributed by atoms with Crippen LogP contribution < -0.4 is 10.4 Å². The Kier molecular flexibility index (Phi) is 7.53. The van der Waals surface area contributed by atoms with E-state index in [2.05, 4.69) is 11.5 Å². The highest BCUT2D eigenvalue weighted by Crippen LogP contribution is 2.37. The maximum absolute atomic E-state index is 12.8. The van der Waals surface area contributed by atoms with Crippen molar-refractivity contribution in [1.82, 2.24) is 4.90 Å². The van der Waals surface area contributed by atoms with Crippen molar-refractivity contribution in [3.8, 4) is 5.75 Å². The van der Waals surface area contributed by atoms with Gasteiger partial charge in [-0.15, -0.1) is 6.58 Å². The lowest BCUT2D eigenvalue weighted by Gasteiger charge is -2.26. The normalized spacial score (nSPS) is 14.6. The van der Waals surface area contributed by atoms with Crippen LogP contribution in [0.25, 0.3) is 11.0 Å². The van der Waals surface area contributed by atoms with Crippen molar-refractivity contribution in [2.75, 3.05) is 39.5 Å². The number of nitrogens with zero attached hydrogens (tertiary/aromatic N) is 1. The number of hydrogen-bond acceptors (Lipinski definition) is 7. The Morgan fingerprint density at radius 2 is 2.03 bits per heavy atom. The molecule has 0 spiro atoms. The van der Waals surface area contributed by atoms with Crippen molar-refractivity contribution in [1.29, 1.82) is 0 Å². The first-order valence-electron chi connectivity index (χ1n) is 9.87. The van der Waals surface area contributed by atoms with Gasteiger partial charge in [-0.3, -0.25) is 9.69 Å². The zero-order valence-electron chi connectivity index (χ0n) is 17.3. The van der Waals surface area contributed by atoms with Crippen molar-refractivity contribution in [2.45, 2.75) is 26.8 Å². The molecular weight excluding hydrogens is 410 g/mol. The highest BCUT2D eigenvalue weighted by Gasteiger charge is 2.22. The molecule has 1 aliphatic heterocycles. The number of carbonyl (C=O) groups is 1. The summed E-state index contributed by atoms with van der Waals surface area (Å²) in [5.41, 5.74) is 2.17. The van der Waals surface area contributed by atoms with E-state index in [1.165, 1.54) is 6.92 Å². The average Bonchev–Trinajstić information content (AvgIpc) is 2.72. The number of hydrogen-bond donors (Lipinski definition) is 0. The number of ether oxygens (including phenoxy) is 3. The fraction of sp³-hybridized carbons (Fsp3) is 0.455. The van der Waals surface area contributed by atoms with Crippen LogP contribution in [-0.4, -0.2) is 50.4 Å². The number of esters is 1. The number of benzene rings is 1. The molecule has 1 aliphatic rings. The van der Waals surface area contributed by atoms with E-state index in [0.717, 1.165) is 24.0 Å². The molecule has 0 aliphatic carbocycles. The largest absolute Gasteiger partial charge is 0.488 e. The Bertz CT molecular complexity index is 994. The number of carbonyl (C=O) groups excluding carboxylic acids is 1. The number of aryl methyl sites for hydroxylation is 1. The third-order valence-corrected chi connectivity index (χ3v) is 5.33. The van der Waals surface area contributed by atoms with Gasteiger partial charge in [-0.1, -0.05) is 17.7 Å². The highest BCUT2D eigenvalue weighted by atomic mass is 35.5. The summed E-state index contributed by atoms with van der Waals surface area (Å²) in [6, 6.07) is 1.76. The number of morpholine rings is 1. The van der Waals surface area contributed by atoms with Gasteiger partial charge in [0.2, 0.25) is 0 Å². The average molecular weight is 436 g/mol. The van der Waals surface area contributed by atoms with Crippen LogP contribution in [0.3, 0.4) is 0 Å². The van der Waals surface area contributed by atoms with Gasteiger partial charge in [0.1, 0.15) is 24.5 Å². The molecule has 7 nitrogen and oxygen atoms in total. The third-order valence-electron chi connectivity index (χ3n) is 5.05. The number of halogens is 1. The Hall–Kier alpha value is -2.35. The molecule has 3 rings (SSSR count). The van der Waals surface area contributed by atoms with Crippen molar-refractivity contribution in [3.05, 3.63) is 50.9 Å². The molecule has 1 fully saturated rings. The smallest absolute Gasteiger partial charge is 0.341 e. The van der Waals surface area contributed by atoms with Gasteiger partial charge in [-0.25, -0.2) is 4.79 Å². The van der Waals surface area contributed by atoms with Crippen LogP contribution >= 0.6 is 11.6 Å². The van der Waals surface area contributed by atoms with E-state index < -0.39 is 0 Å². The van der Waals surface area contributed by atoms with Gasteiger partial charge >= 0.3 is 11.6 Å². The molecule has 162 valence electrons. The SMILES string of the molecule is C=CCc1c(OCCOC(C)=O)c(Cl)cc2c(C)c(CN3CCOCC3)c(=O)oc12. The summed E-state index contributed by atoms with van der Waals surface area (Å²) in [6.45, 7) is 10.6. The number of rotatable bonds is 8. The summed E-state index contributed by atoms with van der Waals surface area (Å²) in [5, 5.41) is 1.17. The van der Waals surface area contributed by atoms with Gasteiger partial charge in [0.25, 0.3) is 0 Å². The van der Waals surface area contributed by atoms with Gasteiger partial charge < -0.3 is 18.6 Å². The van der Waals surface area contributed by atoms with E-state index >= 15 is 0 Å². The monoisotopic (exact) mass is 435 g/mol. The van der Waals surface area contributed by atoms with Crippen LogP contribution in [0.2, 0.25) is 5.02 Å². The van der Waals surface area contributed by atoms with Gasteiger partial charge in [0, 0.05) is 37.5 Å². The lowest BCUT2D eigenvalue weighted by atomic mass is 10.0. The van der Waals surface area contributed by atoms with Crippen molar-refractivity contribution >= 4 is 28.5 Å². The Labute approximate surface area is 180 Å². The minimum Gasteiger partial charge on any atom is -0.488 e. The van der Waals surface area contributed by atoms with Crippen LogP contribution in [0, 0.1) is 6.92 Å². The van der Waals surface area contributed by atoms with Crippen molar-refractivity contribution in [3.63, 3.8) is 0 Å². The minimum absolute atomic E-state index is 0.0959. The Morgan fingerprint density at radius 1 is 1.30 bits per heavy atom. The van der Waals surface area contributed by atoms with E-state index in [1.807, 2.05) is 6.92 Å². The van der Waals surface area contributed by atoms with Crippen molar-refractivity contribution < 1.29 is 23.4 Å². The zero-order chi connectivity index (χ0) is 21.7. The van der Waals surface area contributed by atoms with E-state index in [1.54, 1.807) is 12.1 Å². The molecule has 0 atom stereocenters. The molecule has 1 aromatic carbocycles. The molecule has 0 bridgehead atoms. The Morgan fingerprint density at radius 3 is 2.70 bits per heavy atom. The second-order valence-electron chi connectivity index (χ2n) is 7.11. The van der Waals surface area contributed by atoms with Crippen LogP contribution in [0.4, 0.5) is 0 Å². The third kappa shape index (κ3) is 5.03. The molecule has 8 heteroatoms. The molecule has 1 aromatic heterocycles. The van der Waals surface area contributed by atoms with E-state index in [-0.39, 0.29) is 24.8 Å². The highest BCUT2D eigenvalue weighted by molar-refractivity contribution is 6.33. The lowest BCUT2D eigenvalue weighted by molar-refractivity contribution is -0.141.